The van der Waals surface area contributed by atoms with E-state index in [1.165, 1.54) is 6.33 Å². The highest BCUT2D eigenvalue weighted by atomic mass is 16.5. The van der Waals surface area contributed by atoms with Crippen molar-refractivity contribution < 1.29 is 9.53 Å². The predicted molar refractivity (Wildman–Crippen MR) is 78.4 cm³/mol. The van der Waals surface area contributed by atoms with Crippen molar-refractivity contribution in [2.24, 2.45) is 5.73 Å². The van der Waals surface area contributed by atoms with Gasteiger partial charge in [0.1, 0.15) is 18.7 Å². The van der Waals surface area contributed by atoms with Crippen molar-refractivity contribution in [2.45, 2.75) is 6.61 Å². The van der Waals surface area contributed by atoms with E-state index in [0.717, 1.165) is 17.0 Å². The van der Waals surface area contributed by atoms with Gasteiger partial charge < -0.3 is 10.5 Å². The van der Waals surface area contributed by atoms with Gasteiger partial charge >= 0.3 is 0 Å². The highest BCUT2D eigenvalue weighted by Gasteiger charge is 2.02. The molecule has 110 valence electrons. The van der Waals surface area contributed by atoms with Gasteiger partial charge in [0.05, 0.1) is 5.69 Å². The third kappa shape index (κ3) is 3.09. The number of ether oxygens (including phenoxy) is 1. The van der Waals surface area contributed by atoms with Gasteiger partial charge in [0.25, 0.3) is 0 Å². The maximum Gasteiger partial charge on any atom is 0.248 e. The molecule has 3 rings (SSSR count). The Labute approximate surface area is 126 Å². The molecule has 0 fully saturated rings. The van der Waals surface area contributed by atoms with Crippen molar-refractivity contribution in [3.63, 3.8) is 0 Å². The molecule has 1 amide bonds. The molecular formula is C15H13N5O2. The first kappa shape index (κ1) is 13.7. The average Bonchev–Trinajstić information content (AvgIpc) is 3.08. The summed E-state index contributed by atoms with van der Waals surface area (Å²) in [6, 6.07) is 14.4. The van der Waals surface area contributed by atoms with Gasteiger partial charge in [0, 0.05) is 5.56 Å². The summed E-state index contributed by atoms with van der Waals surface area (Å²) >= 11 is 0. The van der Waals surface area contributed by atoms with Gasteiger partial charge in [-0.05, 0) is 52.4 Å². The van der Waals surface area contributed by atoms with Gasteiger partial charge in [-0.3, -0.25) is 4.79 Å². The highest BCUT2D eigenvalue weighted by molar-refractivity contribution is 5.92. The summed E-state index contributed by atoms with van der Waals surface area (Å²) in [5.74, 6) is 0.293. The summed E-state index contributed by atoms with van der Waals surface area (Å²) in [7, 11) is 0. The Morgan fingerprint density at radius 2 is 1.82 bits per heavy atom. The number of nitrogens with zero attached hydrogens (tertiary/aromatic N) is 4. The molecule has 0 unspecified atom stereocenters. The number of benzene rings is 2. The van der Waals surface area contributed by atoms with Crippen LogP contribution in [0.4, 0.5) is 0 Å². The maximum atomic E-state index is 11.0. The van der Waals surface area contributed by atoms with Crippen LogP contribution in [0.1, 0.15) is 15.9 Å². The van der Waals surface area contributed by atoms with Gasteiger partial charge in [0.2, 0.25) is 5.91 Å². The first-order chi connectivity index (χ1) is 10.7. The maximum absolute atomic E-state index is 11.0. The van der Waals surface area contributed by atoms with E-state index in [2.05, 4.69) is 15.5 Å². The predicted octanol–water partition coefficient (Wildman–Crippen LogP) is 1.34. The van der Waals surface area contributed by atoms with Crippen molar-refractivity contribution in [1.82, 2.24) is 20.2 Å². The minimum Gasteiger partial charge on any atom is -0.489 e. The third-order valence-electron chi connectivity index (χ3n) is 3.09. The minimum atomic E-state index is -0.439. The Morgan fingerprint density at radius 3 is 2.41 bits per heavy atom. The number of nitrogens with two attached hydrogens (primary N) is 1. The van der Waals surface area contributed by atoms with Crippen molar-refractivity contribution in [3.8, 4) is 11.4 Å². The number of hydrogen-bond donors (Lipinski definition) is 1. The van der Waals surface area contributed by atoms with E-state index in [4.69, 9.17) is 10.5 Å². The monoisotopic (exact) mass is 295 g/mol. The summed E-state index contributed by atoms with van der Waals surface area (Å²) in [6.07, 6.45) is 1.52. The lowest BCUT2D eigenvalue weighted by molar-refractivity contribution is 0.1000. The standard InChI is InChI=1S/C15H13N5O2/c16-15(21)12-3-1-11(2-4-12)9-22-14-7-5-13(6-8-14)20-10-17-18-19-20/h1-8,10H,9H2,(H2,16,21). The molecule has 1 heterocycles. The zero-order chi connectivity index (χ0) is 15.4. The molecule has 2 aromatic carbocycles. The Hall–Kier alpha value is -3.22. The summed E-state index contributed by atoms with van der Waals surface area (Å²) in [5.41, 5.74) is 7.48. The van der Waals surface area contributed by atoms with E-state index in [0.29, 0.717) is 12.2 Å². The number of rotatable bonds is 5. The Bertz CT molecular complexity index is 752. The molecule has 0 radical (unpaired) electrons. The fourth-order valence-corrected chi connectivity index (χ4v) is 1.91. The first-order valence-corrected chi connectivity index (χ1v) is 6.57. The third-order valence-corrected chi connectivity index (χ3v) is 3.09. The highest BCUT2D eigenvalue weighted by Crippen LogP contribution is 2.16. The fourth-order valence-electron chi connectivity index (χ4n) is 1.91. The molecule has 0 atom stereocenters. The lowest BCUT2D eigenvalue weighted by atomic mass is 10.1. The smallest absolute Gasteiger partial charge is 0.248 e. The van der Waals surface area contributed by atoms with Gasteiger partial charge in [0.15, 0.2) is 0 Å². The molecule has 7 nitrogen and oxygen atoms in total. The second-order valence-corrected chi connectivity index (χ2v) is 4.60. The van der Waals surface area contributed by atoms with Crippen LogP contribution < -0.4 is 10.5 Å². The summed E-state index contributed by atoms with van der Waals surface area (Å²) in [6.45, 7) is 0.406. The van der Waals surface area contributed by atoms with Gasteiger partial charge in [-0.25, -0.2) is 4.68 Å². The number of tetrazole rings is 1. The SMILES string of the molecule is NC(=O)c1ccc(COc2ccc(-n3cnnn3)cc2)cc1. The van der Waals surface area contributed by atoms with E-state index < -0.39 is 5.91 Å². The molecule has 0 aliphatic heterocycles. The normalized spacial score (nSPS) is 10.4. The summed E-state index contributed by atoms with van der Waals surface area (Å²) in [5, 5.41) is 11.0. The second kappa shape index (κ2) is 6.04. The molecule has 1 aromatic heterocycles. The fraction of sp³-hybridized carbons (Fsp3) is 0.0667. The van der Waals surface area contributed by atoms with Gasteiger partial charge in [-0.2, -0.15) is 0 Å². The largest absolute Gasteiger partial charge is 0.489 e. The molecule has 0 aliphatic carbocycles. The number of carbonyl (C=O) groups excluding carboxylic acids is 1. The van der Waals surface area contributed by atoms with Crippen molar-refractivity contribution >= 4 is 5.91 Å². The molecule has 0 saturated carbocycles. The molecule has 22 heavy (non-hydrogen) atoms. The average molecular weight is 295 g/mol. The van der Waals surface area contributed by atoms with Crippen LogP contribution in [0.2, 0.25) is 0 Å². The molecule has 2 N–H and O–H groups in total. The van der Waals surface area contributed by atoms with Crippen molar-refractivity contribution in [2.75, 3.05) is 0 Å². The Morgan fingerprint density at radius 1 is 1.09 bits per heavy atom. The molecule has 0 bridgehead atoms. The lowest BCUT2D eigenvalue weighted by Gasteiger charge is -2.07. The minimum absolute atomic E-state index is 0.406. The van der Waals surface area contributed by atoms with E-state index in [1.54, 1.807) is 16.8 Å². The summed E-state index contributed by atoms with van der Waals surface area (Å²) < 4.78 is 7.25. The zero-order valence-electron chi connectivity index (χ0n) is 11.6. The van der Waals surface area contributed by atoms with Crippen LogP contribution in [0.15, 0.2) is 54.9 Å². The molecule has 3 aromatic rings. The van der Waals surface area contributed by atoms with Crippen molar-refractivity contribution in [1.29, 1.82) is 0 Å². The number of carbonyl (C=O) groups is 1. The quantitative estimate of drug-likeness (QED) is 0.766. The van der Waals surface area contributed by atoms with Crippen molar-refractivity contribution in [3.05, 3.63) is 66.0 Å². The van der Waals surface area contributed by atoms with Crippen LogP contribution in [-0.2, 0) is 6.61 Å². The van der Waals surface area contributed by atoms with Crippen LogP contribution in [0.5, 0.6) is 5.75 Å². The number of primary amides is 1. The number of hydrogen-bond acceptors (Lipinski definition) is 5. The number of amides is 1. The Kier molecular flexibility index (Phi) is 3.78. The molecule has 7 heteroatoms. The lowest BCUT2D eigenvalue weighted by Crippen LogP contribution is -2.10. The summed E-state index contributed by atoms with van der Waals surface area (Å²) in [4.78, 5) is 11.0. The van der Waals surface area contributed by atoms with E-state index in [1.807, 2.05) is 36.4 Å². The van der Waals surface area contributed by atoms with Crippen LogP contribution in [0, 0.1) is 0 Å². The number of aromatic nitrogens is 4. The van der Waals surface area contributed by atoms with Crippen LogP contribution in [0.25, 0.3) is 5.69 Å². The molecule has 0 spiro atoms. The zero-order valence-corrected chi connectivity index (χ0v) is 11.6. The molecular weight excluding hydrogens is 282 g/mol. The molecule has 0 aliphatic rings. The molecule has 0 saturated heterocycles. The first-order valence-electron chi connectivity index (χ1n) is 6.57. The Balaban J connectivity index is 1.63. The van der Waals surface area contributed by atoms with Crippen LogP contribution in [-0.4, -0.2) is 26.1 Å². The van der Waals surface area contributed by atoms with Crippen LogP contribution >= 0.6 is 0 Å². The van der Waals surface area contributed by atoms with E-state index >= 15 is 0 Å². The topological polar surface area (TPSA) is 95.9 Å². The van der Waals surface area contributed by atoms with Gasteiger partial charge in [-0.15, -0.1) is 5.10 Å². The van der Waals surface area contributed by atoms with Gasteiger partial charge in [-0.1, -0.05) is 12.1 Å². The van der Waals surface area contributed by atoms with Crippen LogP contribution in [0.3, 0.4) is 0 Å². The second-order valence-electron chi connectivity index (χ2n) is 4.60. The van der Waals surface area contributed by atoms with E-state index in [9.17, 15) is 4.79 Å². The van der Waals surface area contributed by atoms with E-state index in [-0.39, 0.29) is 0 Å².